The second-order valence-electron chi connectivity index (χ2n) is 7.64. The van der Waals surface area contributed by atoms with Crippen LogP contribution in [0.4, 0.5) is 0 Å². The van der Waals surface area contributed by atoms with Gasteiger partial charge in [-0.1, -0.05) is 23.3 Å². The van der Waals surface area contributed by atoms with Crippen LogP contribution in [0.25, 0.3) is 0 Å². The first-order chi connectivity index (χ1) is 20.8. The van der Waals surface area contributed by atoms with Gasteiger partial charge in [0.25, 0.3) is 0 Å². The number of sulfone groups is 1. The molecule has 0 saturated heterocycles. The van der Waals surface area contributed by atoms with Gasteiger partial charge >= 0.3 is 0 Å². The zero-order chi connectivity index (χ0) is 31.5. The van der Waals surface area contributed by atoms with E-state index in [2.05, 4.69) is 117 Å². The minimum Gasteiger partial charge on any atom is -0.218 e. The lowest BCUT2D eigenvalue weighted by molar-refractivity contribution is 0.597. The lowest BCUT2D eigenvalue weighted by atomic mass is 10.2. The quantitative estimate of drug-likeness (QED) is 0.397. The first-order valence-electron chi connectivity index (χ1n) is 11.7. The van der Waals surface area contributed by atoms with Crippen LogP contribution in [0.15, 0.2) is 46.2 Å². The van der Waals surface area contributed by atoms with Crippen molar-refractivity contribution in [1.82, 2.24) is 0 Å². The number of hydrogen-bond donors (Lipinski definition) is 0. The molecule has 0 fully saturated rings. The smallest absolute Gasteiger partial charge is 0.207 e. The van der Waals surface area contributed by atoms with E-state index in [1.807, 2.05) is 13.8 Å². The summed E-state index contributed by atoms with van der Waals surface area (Å²) in [6, 6.07) is 9.90. The first kappa shape index (κ1) is 33.2. The SMILES string of the molecule is C#CC#CC#CP(C#CC#CC#C)c1cc(C)ccc1S(=O)(=O)c1ccc(C)cc1P(C#CC#CC#C)C#CC#CC#C. The van der Waals surface area contributed by atoms with Crippen molar-refractivity contribution in [3.63, 3.8) is 0 Å². The fourth-order valence-electron chi connectivity index (χ4n) is 3.08. The molecule has 0 bridgehead atoms. The zero-order valence-corrected chi connectivity index (χ0v) is 25.5. The van der Waals surface area contributed by atoms with Crippen molar-refractivity contribution in [3.05, 3.63) is 47.5 Å². The van der Waals surface area contributed by atoms with Gasteiger partial charge in [-0.2, -0.15) is 0 Å². The van der Waals surface area contributed by atoms with Crippen LogP contribution in [0.2, 0.25) is 0 Å². The van der Waals surface area contributed by atoms with Crippen LogP contribution >= 0.6 is 15.8 Å². The van der Waals surface area contributed by atoms with E-state index in [-0.39, 0.29) is 9.79 Å². The maximum Gasteiger partial charge on any atom is 0.207 e. The summed E-state index contributed by atoms with van der Waals surface area (Å²) in [4.78, 5) is 0.0331. The molecule has 0 spiro atoms. The molecule has 196 valence electrons. The van der Waals surface area contributed by atoms with Crippen LogP contribution in [0.1, 0.15) is 11.1 Å². The van der Waals surface area contributed by atoms with Crippen LogP contribution in [0, 0.1) is 157 Å². The van der Waals surface area contributed by atoms with Crippen molar-refractivity contribution < 1.29 is 8.42 Å². The Morgan fingerprint density at radius 3 is 1.07 bits per heavy atom. The highest BCUT2D eigenvalue weighted by atomic mass is 32.2. The minimum absolute atomic E-state index is 0.0165. The van der Waals surface area contributed by atoms with Crippen molar-refractivity contribution in [1.29, 1.82) is 0 Å². The number of hydrogen-bond acceptors (Lipinski definition) is 2. The van der Waals surface area contributed by atoms with Crippen LogP contribution in [0.3, 0.4) is 0 Å². The van der Waals surface area contributed by atoms with E-state index >= 15 is 0 Å². The van der Waals surface area contributed by atoms with Gasteiger partial charge in [0.05, 0.1) is 25.6 Å². The highest BCUT2D eigenvalue weighted by molar-refractivity contribution is 7.93. The average Bonchev–Trinajstić information content (AvgIpc) is 2.99. The van der Waals surface area contributed by atoms with Crippen LogP contribution in [-0.4, -0.2) is 8.42 Å². The van der Waals surface area contributed by atoms with Crippen molar-refractivity contribution in [2.75, 3.05) is 0 Å². The largest absolute Gasteiger partial charge is 0.218 e. The summed E-state index contributed by atoms with van der Waals surface area (Å²) in [5, 5.41) is 0.792. The molecule has 0 aliphatic heterocycles. The van der Waals surface area contributed by atoms with Gasteiger partial charge in [0, 0.05) is 10.6 Å². The maximum atomic E-state index is 14.4. The second kappa shape index (κ2) is 17.6. The summed E-state index contributed by atoms with van der Waals surface area (Å²) in [7, 11) is -7.59. The molecular formula is C38H16O2P2S. The second-order valence-corrected chi connectivity index (χ2v) is 12.7. The molecule has 5 heteroatoms. The van der Waals surface area contributed by atoms with Gasteiger partial charge in [0.2, 0.25) is 9.84 Å². The summed E-state index contributed by atoms with van der Waals surface area (Å²) in [5.74, 6) is 39.2. The number of rotatable bonds is 4. The predicted octanol–water partition coefficient (Wildman–Crippen LogP) is 3.74. The average molecular weight is 599 g/mol. The Labute approximate surface area is 258 Å². The monoisotopic (exact) mass is 598 g/mol. The molecule has 0 aliphatic rings. The lowest BCUT2D eigenvalue weighted by Crippen LogP contribution is -2.20. The van der Waals surface area contributed by atoms with Gasteiger partial charge in [0.15, 0.2) is 0 Å². The van der Waals surface area contributed by atoms with E-state index in [4.69, 9.17) is 25.7 Å². The molecule has 0 aromatic heterocycles. The highest BCUT2D eigenvalue weighted by Crippen LogP contribution is 2.39. The summed E-state index contributed by atoms with van der Waals surface area (Å²) in [6.45, 7) is 3.67. The van der Waals surface area contributed by atoms with Gasteiger partial charge in [-0.05, 0) is 155 Å². The van der Waals surface area contributed by atoms with E-state index in [1.165, 1.54) is 12.1 Å². The number of aryl methyl sites for hydroxylation is 2. The third-order valence-corrected chi connectivity index (χ3v) is 9.97. The Morgan fingerprint density at radius 2 is 0.791 bits per heavy atom. The number of benzene rings is 2. The molecule has 0 saturated carbocycles. The van der Waals surface area contributed by atoms with Crippen LogP contribution in [-0.2, 0) is 9.84 Å². The maximum absolute atomic E-state index is 14.4. The number of terminal acetylenes is 4. The van der Waals surface area contributed by atoms with Gasteiger partial charge in [-0.3, -0.25) is 0 Å². The summed E-state index contributed by atoms with van der Waals surface area (Å²) < 4.78 is 28.8. The minimum atomic E-state index is -4.18. The van der Waals surface area contributed by atoms with E-state index in [0.717, 1.165) is 11.1 Å². The molecule has 0 heterocycles. The summed E-state index contributed by atoms with van der Waals surface area (Å²) >= 11 is 0. The fourth-order valence-corrected chi connectivity index (χ4v) is 8.27. The molecule has 0 aliphatic carbocycles. The van der Waals surface area contributed by atoms with E-state index in [9.17, 15) is 8.42 Å². The van der Waals surface area contributed by atoms with Crippen LogP contribution < -0.4 is 10.6 Å². The molecule has 0 atom stereocenters. The van der Waals surface area contributed by atoms with E-state index in [0.29, 0.717) is 10.6 Å². The Morgan fingerprint density at radius 1 is 0.488 bits per heavy atom. The van der Waals surface area contributed by atoms with Gasteiger partial charge in [-0.25, -0.2) is 8.42 Å². The molecule has 2 aromatic rings. The van der Waals surface area contributed by atoms with Gasteiger partial charge < -0.3 is 0 Å². The van der Waals surface area contributed by atoms with Crippen LogP contribution in [0.5, 0.6) is 0 Å². The van der Waals surface area contributed by atoms with Crippen molar-refractivity contribution in [2.45, 2.75) is 23.6 Å². The van der Waals surface area contributed by atoms with Crippen molar-refractivity contribution >= 4 is 36.3 Å². The zero-order valence-electron chi connectivity index (χ0n) is 22.9. The molecular weight excluding hydrogens is 582 g/mol. The summed E-state index contributed by atoms with van der Waals surface area (Å²) in [5.41, 5.74) is 13.4. The van der Waals surface area contributed by atoms with E-state index in [1.54, 1.807) is 24.3 Å². The van der Waals surface area contributed by atoms with Crippen molar-refractivity contribution in [3.8, 4) is 143 Å². The molecule has 0 amide bonds. The highest BCUT2D eigenvalue weighted by Gasteiger charge is 2.29. The Balaban J connectivity index is 2.94. The molecule has 43 heavy (non-hydrogen) atoms. The predicted molar refractivity (Wildman–Crippen MR) is 178 cm³/mol. The topological polar surface area (TPSA) is 34.1 Å². The fraction of sp³-hybridized carbons (Fsp3) is 0.0526. The van der Waals surface area contributed by atoms with E-state index < -0.39 is 25.7 Å². The molecule has 2 rings (SSSR count). The third kappa shape index (κ3) is 10.1. The Kier molecular flexibility index (Phi) is 13.6. The molecule has 2 aromatic carbocycles. The normalized spacial score (nSPS) is 8.19. The third-order valence-electron chi connectivity index (χ3n) is 4.75. The molecule has 2 nitrogen and oxygen atoms in total. The summed E-state index contributed by atoms with van der Waals surface area (Å²) in [6.07, 6.45) is 20.8. The Hall–Kier alpha value is -6.03. The first-order valence-corrected chi connectivity index (χ1v) is 15.9. The molecule has 0 unspecified atom stereocenters. The standard InChI is InChI=1S/C38H16O2P2S/c1-7-11-15-19-27-41(28-20-16-12-8-2)35-31-33(5)23-25-37(35)43(39,40)38-26-24-34(6)32-36(38)42(29-21-17-13-9-3)30-22-18-14-10-4/h1-4,23-26,31-32H,5-6H3. The molecule has 0 radical (unpaired) electrons. The molecule has 0 N–H and O–H groups in total. The Bertz CT molecular complexity index is 2010. The van der Waals surface area contributed by atoms with Gasteiger partial charge in [-0.15, -0.1) is 25.7 Å². The lowest BCUT2D eigenvalue weighted by Gasteiger charge is -2.17. The van der Waals surface area contributed by atoms with Gasteiger partial charge in [0.1, 0.15) is 0 Å². The van der Waals surface area contributed by atoms with Crippen molar-refractivity contribution in [2.24, 2.45) is 0 Å².